The minimum absolute atomic E-state index is 0.283. The highest BCUT2D eigenvalue weighted by atomic mass is 16.6. The highest BCUT2D eigenvalue weighted by molar-refractivity contribution is 5.73. The highest BCUT2D eigenvalue weighted by Gasteiger charge is 2.24. The summed E-state index contributed by atoms with van der Waals surface area (Å²) in [6.07, 6.45) is 2.77. The maximum atomic E-state index is 10.9. The molecule has 5 heteroatoms. The van der Waals surface area contributed by atoms with E-state index in [0.717, 1.165) is 19.3 Å². The predicted octanol–water partition coefficient (Wildman–Crippen LogP) is 1.39. The summed E-state index contributed by atoms with van der Waals surface area (Å²) in [5.41, 5.74) is 0. The van der Waals surface area contributed by atoms with Crippen LogP contribution in [0.4, 0.5) is 0 Å². The number of nitrogens with zero attached hydrogens (tertiary/aromatic N) is 1. The molecule has 0 saturated heterocycles. The molecule has 0 radical (unpaired) electrons. The third kappa shape index (κ3) is 5.16. The Bertz CT molecular complexity index is 181. The van der Waals surface area contributed by atoms with E-state index in [0.29, 0.717) is 0 Å². The Balaban J connectivity index is 3.56. The number of carbonyl (C=O) groups excluding carboxylic acids is 1. The Morgan fingerprint density at radius 3 is 2.62 bits per heavy atom. The Morgan fingerprint density at radius 1 is 1.54 bits per heavy atom. The number of rotatable bonds is 6. The molecule has 0 bridgehead atoms. The van der Waals surface area contributed by atoms with E-state index in [9.17, 15) is 14.9 Å². The van der Waals surface area contributed by atoms with E-state index in [-0.39, 0.29) is 6.61 Å². The summed E-state index contributed by atoms with van der Waals surface area (Å²) >= 11 is 0. The van der Waals surface area contributed by atoms with Gasteiger partial charge < -0.3 is 4.74 Å². The zero-order valence-electron chi connectivity index (χ0n) is 7.99. The molecule has 76 valence electrons. The topological polar surface area (TPSA) is 69.4 Å². The van der Waals surface area contributed by atoms with Crippen molar-refractivity contribution >= 4 is 5.97 Å². The molecule has 0 aromatic heterocycles. The molecule has 1 atom stereocenters. The van der Waals surface area contributed by atoms with Gasteiger partial charge in [0.1, 0.15) is 0 Å². The molecule has 0 aromatic carbocycles. The number of unbranched alkanes of at least 4 members (excludes halogenated alkanes) is 2. The first-order chi connectivity index (χ1) is 6.09. The molecule has 0 fully saturated rings. The van der Waals surface area contributed by atoms with Gasteiger partial charge in [0, 0.05) is 11.8 Å². The lowest BCUT2D eigenvalue weighted by atomic mass is 10.3. The largest absolute Gasteiger partial charge is 0.461 e. The summed E-state index contributed by atoms with van der Waals surface area (Å²) in [6, 6.07) is -1.25. The van der Waals surface area contributed by atoms with E-state index in [1.165, 1.54) is 6.92 Å². The van der Waals surface area contributed by atoms with Gasteiger partial charge in [0.05, 0.1) is 6.61 Å². The van der Waals surface area contributed by atoms with Crippen LogP contribution in [-0.2, 0) is 9.53 Å². The molecular weight excluding hydrogens is 174 g/mol. The molecule has 0 heterocycles. The monoisotopic (exact) mass is 189 g/mol. The molecule has 5 nitrogen and oxygen atoms in total. The van der Waals surface area contributed by atoms with Crippen molar-refractivity contribution in [1.82, 2.24) is 0 Å². The fourth-order valence-corrected chi connectivity index (χ4v) is 0.731. The average molecular weight is 189 g/mol. The van der Waals surface area contributed by atoms with E-state index in [2.05, 4.69) is 4.74 Å². The predicted molar refractivity (Wildman–Crippen MR) is 46.9 cm³/mol. The first-order valence-corrected chi connectivity index (χ1v) is 4.39. The second-order valence-corrected chi connectivity index (χ2v) is 2.84. The lowest BCUT2D eigenvalue weighted by molar-refractivity contribution is -0.506. The molecule has 0 amide bonds. The molecule has 0 aromatic rings. The molecule has 0 saturated carbocycles. The Morgan fingerprint density at radius 2 is 2.15 bits per heavy atom. The SMILES string of the molecule is CCCCCOC(=O)C(C)[N+](=O)[O-]. The van der Waals surface area contributed by atoms with Gasteiger partial charge in [0.25, 0.3) is 0 Å². The van der Waals surface area contributed by atoms with Gasteiger partial charge in [-0.1, -0.05) is 19.8 Å². The molecule has 13 heavy (non-hydrogen) atoms. The summed E-state index contributed by atoms with van der Waals surface area (Å²) in [6.45, 7) is 3.54. The normalized spacial score (nSPS) is 12.2. The Hall–Kier alpha value is -1.13. The molecule has 0 aliphatic carbocycles. The molecular formula is C8H15NO4. The van der Waals surface area contributed by atoms with Crippen molar-refractivity contribution < 1.29 is 14.5 Å². The smallest absolute Gasteiger partial charge is 0.381 e. The van der Waals surface area contributed by atoms with Crippen molar-refractivity contribution in [3.05, 3.63) is 10.1 Å². The quantitative estimate of drug-likeness (QED) is 0.274. The lowest BCUT2D eigenvalue weighted by Crippen LogP contribution is -2.28. The van der Waals surface area contributed by atoms with Crippen LogP contribution in [0.5, 0.6) is 0 Å². The van der Waals surface area contributed by atoms with Gasteiger partial charge >= 0.3 is 12.0 Å². The summed E-state index contributed by atoms with van der Waals surface area (Å²) in [7, 11) is 0. The van der Waals surface area contributed by atoms with Crippen molar-refractivity contribution in [2.45, 2.75) is 39.2 Å². The lowest BCUT2D eigenvalue weighted by Gasteiger charge is -2.04. The zero-order valence-corrected chi connectivity index (χ0v) is 7.99. The fourth-order valence-electron chi connectivity index (χ4n) is 0.731. The first-order valence-electron chi connectivity index (χ1n) is 4.39. The van der Waals surface area contributed by atoms with Crippen LogP contribution in [0.2, 0.25) is 0 Å². The number of carbonyl (C=O) groups is 1. The maximum Gasteiger partial charge on any atom is 0.381 e. The van der Waals surface area contributed by atoms with Crippen LogP contribution in [0.1, 0.15) is 33.1 Å². The molecule has 0 spiro atoms. The van der Waals surface area contributed by atoms with Crippen LogP contribution in [0.3, 0.4) is 0 Å². The van der Waals surface area contributed by atoms with Crippen LogP contribution in [0.25, 0.3) is 0 Å². The average Bonchev–Trinajstić information content (AvgIpc) is 2.10. The van der Waals surface area contributed by atoms with Crippen LogP contribution in [-0.4, -0.2) is 23.5 Å². The second kappa shape index (κ2) is 6.39. The number of hydrogen-bond acceptors (Lipinski definition) is 4. The second-order valence-electron chi connectivity index (χ2n) is 2.84. The highest BCUT2D eigenvalue weighted by Crippen LogP contribution is 1.97. The van der Waals surface area contributed by atoms with Crippen molar-refractivity contribution in [2.24, 2.45) is 0 Å². The fraction of sp³-hybridized carbons (Fsp3) is 0.875. The van der Waals surface area contributed by atoms with E-state index >= 15 is 0 Å². The number of hydrogen-bond donors (Lipinski definition) is 0. The number of ether oxygens (including phenoxy) is 1. The summed E-state index contributed by atoms with van der Waals surface area (Å²) in [4.78, 5) is 20.4. The third-order valence-electron chi connectivity index (χ3n) is 1.65. The van der Waals surface area contributed by atoms with Crippen LogP contribution < -0.4 is 0 Å². The Labute approximate surface area is 77.2 Å². The van der Waals surface area contributed by atoms with E-state index in [1.807, 2.05) is 6.92 Å². The molecule has 0 aliphatic heterocycles. The van der Waals surface area contributed by atoms with E-state index in [4.69, 9.17) is 0 Å². The van der Waals surface area contributed by atoms with Gasteiger partial charge in [-0.15, -0.1) is 0 Å². The third-order valence-corrected chi connectivity index (χ3v) is 1.65. The van der Waals surface area contributed by atoms with Crippen molar-refractivity contribution in [1.29, 1.82) is 0 Å². The van der Waals surface area contributed by atoms with Gasteiger partial charge in [-0.05, 0) is 6.42 Å². The Kier molecular flexibility index (Phi) is 5.84. The summed E-state index contributed by atoms with van der Waals surface area (Å²) < 4.78 is 4.69. The van der Waals surface area contributed by atoms with Crippen LogP contribution in [0, 0.1) is 10.1 Å². The zero-order chi connectivity index (χ0) is 10.3. The van der Waals surface area contributed by atoms with Gasteiger partial charge in [-0.2, -0.15) is 0 Å². The number of esters is 1. The minimum Gasteiger partial charge on any atom is -0.461 e. The maximum absolute atomic E-state index is 10.9. The summed E-state index contributed by atoms with van der Waals surface area (Å²) in [5.74, 6) is -0.749. The van der Waals surface area contributed by atoms with E-state index < -0.39 is 16.9 Å². The van der Waals surface area contributed by atoms with Crippen molar-refractivity contribution in [3.63, 3.8) is 0 Å². The van der Waals surface area contributed by atoms with Crippen molar-refractivity contribution in [3.8, 4) is 0 Å². The molecule has 0 aliphatic rings. The van der Waals surface area contributed by atoms with Crippen LogP contribution in [0.15, 0.2) is 0 Å². The van der Waals surface area contributed by atoms with E-state index in [1.54, 1.807) is 0 Å². The summed E-state index contributed by atoms with van der Waals surface area (Å²) in [5, 5.41) is 10.1. The van der Waals surface area contributed by atoms with Crippen molar-refractivity contribution in [2.75, 3.05) is 6.61 Å². The van der Waals surface area contributed by atoms with Gasteiger partial charge in [0.15, 0.2) is 0 Å². The minimum atomic E-state index is -1.25. The number of nitro groups is 1. The van der Waals surface area contributed by atoms with Gasteiger partial charge in [-0.3, -0.25) is 10.1 Å². The standard InChI is InChI=1S/C8H15NO4/c1-3-4-5-6-13-8(10)7(2)9(11)12/h7H,3-6H2,1-2H3. The molecule has 0 rings (SSSR count). The van der Waals surface area contributed by atoms with Gasteiger partial charge in [-0.25, -0.2) is 4.79 Å². The van der Waals surface area contributed by atoms with Crippen LogP contribution >= 0.6 is 0 Å². The molecule has 0 N–H and O–H groups in total. The van der Waals surface area contributed by atoms with Gasteiger partial charge in [0.2, 0.25) is 0 Å². The first kappa shape index (κ1) is 11.9. The molecule has 1 unspecified atom stereocenters.